The first-order valence-corrected chi connectivity index (χ1v) is 7.49. The summed E-state index contributed by atoms with van der Waals surface area (Å²) < 4.78 is 5.23. The van der Waals surface area contributed by atoms with Crippen LogP contribution in [0, 0.1) is 6.92 Å². The molecule has 29 heavy (non-hydrogen) atoms. The number of hydrogen-bond donors (Lipinski definition) is 0. The molecule has 2 aromatic carbocycles. The molecule has 0 saturated carbocycles. The predicted molar refractivity (Wildman–Crippen MR) is 100 cm³/mol. The summed E-state index contributed by atoms with van der Waals surface area (Å²) >= 11 is 0. The summed E-state index contributed by atoms with van der Waals surface area (Å²) in [5, 5.41) is 24.2. The van der Waals surface area contributed by atoms with Crippen LogP contribution in [0.2, 0.25) is 0 Å². The number of carbonyl (C=O) groups excluding carboxylic acids is 1. The van der Waals surface area contributed by atoms with Gasteiger partial charge in [0, 0.05) is 28.3 Å². The molecule has 9 nitrogen and oxygen atoms in total. The topological polar surface area (TPSA) is 200 Å². The van der Waals surface area contributed by atoms with Crippen LogP contribution in [-0.2, 0) is 16.8 Å². The van der Waals surface area contributed by atoms with E-state index in [1.54, 1.807) is 32.0 Å². The molecule has 0 amide bonds. The second kappa shape index (κ2) is 11.1. The zero-order valence-electron chi connectivity index (χ0n) is 15.4. The van der Waals surface area contributed by atoms with Crippen molar-refractivity contribution in [2.75, 3.05) is 0 Å². The second-order valence-corrected chi connectivity index (χ2v) is 5.57. The fourth-order valence-electron chi connectivity index (χ4n) is 2.69. The number of carboxylic acid groups (broad SMARTS) is 1. The van der Waals surface area contributed by atoms with E-state index in [4.69, 9.17) is 4.42 Å². The minimum absolute atomic E-state index is 0. The Morgan fingerprint density at radius 3 is 2.31 bits per heavy atom. The van der Waals surface area contributed by atoms with Gasteiger partial charge in [0.15, 0.2) is 0 Å². The van der Waals surface area contributed by atoms with Crippen molar-refractivity contribution in [3.63, 3.8) is 0 Å². The maximum absolute atomic E-state index is 12.3. The average Bonchev–Trinajstić information content (AvgIpc) is 2.54. The number of fused-ring (bicyclic) bond motifs is 1. The van der Waals surface area contributed by atoms with Gasteiger partial charge < -0.3 is 35.9 Å². The van der Waals surface area contributed by atoms with Gasteiger partial charge in [-0.05, 0) is 25.5 Å². The Labute approximate surface area is 175 Å². The first-order valence-electron chi connectivity index (χ1n) is 7.49. The molecular formula is C19H19CoNO8. The van der Waals surface area contributed by atoms with Crippen LogP contribution in [0.1, 0.15) is 28.4 Å². The average molecular weight is 448 g/mol. The molecule has 157 valence electrons. The number of rotatable bonds is 3. The minimum Gasteiger partial charge on any atom is -0.872 e. The second-order valence-electron chi connectivity index (χ2n) is 5.57. The fraction of sp³-hybridized carbons (Fsp3) is 0.105. The van der Waals surface area contributed by atoms with E-state index in [0.717, 1.165) is 0 Å². The molecule has 10 heteroatoms. The van der Waals surface area contributed by atoms with E-state index in [9.17, 15) is 19.8 Å². The van der Waals surface area contributed by atoms with Gasteiger partial charge in [0.25, 0.3) is 0 Å². The molecule has 1 radical (unpaired) electrons. The molecule has 0 aliphatic heterocycles. The molecule has 1 aromatic heterocycles. The van der Waals surface area contributed by atoms with Gasteiger partial charge in [-0.1, -0.05) is 36.1 Å². The number of nitrogens with zero attached hydrogens (tertiary/aromatic N) is 1. The number of carboxylic acids is 1. The van der Waals surface area contributed by atoms with Crippen LogP contribution < -0.4 is 15.8 Å². The van der Waals surface area contributed by atoms with E-state index < -0.39 is 11.6 Å². The molecule has 6 N–H and O–H groups in total. The van der Waals surface area contributed by atoms with Crippen molar-refractivity contribution in [1.82, 2.24) is 0 Å². The third-order valence-electron chi connectivity index (χ3n) is 3.86. The Kier molecular flexibility index (Phi) is 10.8. The SMILES string of the molecule is CC(=Nc1ccccc1C(=O)[O-])c1c([O-])ccc2c(C)cc(=O)oc12.O.O.O.[Co+2]. The largest absolute Gasteiger partial charge is 2.00 e. The predicted octanol–water partition coefficient (Wildman–Crippen LogP) is -0.797. The van der Waals surface area contributed by atoms with E-state index in [1.807, 2.05) is 0 Å². The summed E-state index contributed by atoms with van der Waals surface area (Å²) in [6.45, 7) is 3.30. The number of para-hydroxylation sites is 1. The standard InChI is InChI=1S/C19H15NO5.Co.3H2O/c1-10-9-16(22)25-18-12(10)7-8-15(21)17(18)11(2)20-14-6-4-3-5-13(14)19(23)24;;;;/h3-9,21H,1-2H3,(H,23,24);;3*1H2/q;+2;;;/p-2. The van der Waals surface area contributed by atoms with Crippen molar-refractivity contribution in [2.45, 2.75) is 13.8 Å². The zero-order chi connectivity index (χ0) is 18.1. The smallest absolute Gasteiger partial charge is 0.872 e. The Morgan fingerprint density at radius 1 is 1.07 bits per heavy atom. The first-order chi connectivity index (χ1) is 11.9. The number of benzene rings is 2. The van der Waals surface area contributed by atoms with Crippen LogP contribution in [0.4, 0.5) is 5.69 Å². The van der Waals surface area contributed by atoms with Gasteiger partial charge in [0.2, 0.25) is 0 Å². The summed E-state index contributed by atoms with van der Waals surface area (Å²) in [4.78, 5) is 27.2. The maximum atomic E-state index is 12.3. The molecule has 1 heterocycles. The third kappa shape index (κ3) is 5.50. The monoisotopic (exact) mass is 448 g/mol. The van der Waals surface area contributed by atoms with Crippen LogP contribution in [0.3, 0.4) is 0 Å². The van der Waals surface area contributed by atoms with Gasteiger partial charge >= 0.3 is 22.4 Å². The van der Waals surface area contributed by atoms with Crippen LogP contribution in [0.5, 0.6) is 5.75 Å². The normalized spacial score (nSPS) is 10.1. The molecule has 3 aromatic rings. The van der Waals surface area contributed by atoms with Gasteiger partial charge in [0.1, 0.15) is 5.58 Å². The number of aryl methyl sites for hydroxylation is 1. The maximum Gasteiger partial charge on any atom is 2.00 e. The van der Waals surface area contributed by atoms with Crippen LogP contribution in [-0.4, -0.2) is 28.1 Å². The number of aromatic carboxylic acids is 1. The van der Waals surface area contributed by atoms with Gasteiger partial charge in [-0.15, -0.1) is 0 Å². The summed E-state index contributed by atoms with van der Waals surface area (Å²) in [7, 11) is 0. The van der Waals surface area contributed by atoms with E-state index in [-0.39, 0.29) is 67.1 Å². The van der Waals surface area contributed by atoms with Crippen molar-refractivity contribution in [3.05, 3.63) is 69.6 Å². The van der Waals surface area contributed by atoms with Gasteiger partial charge in [-0.25, -0.2) is 4.79 Å². The molecule has 0 unspecified atom stereocenters. The number of carbonyl (C=O) groups is 1. The van der Waals surface area contributed by atoms with E-state index >= 15 is 0 Å². The Hall–Kier alpha value is -3.02. The molecule has 0 atom stereocenters. The van der Waals surface area contributed by atoms with Crippen molar-refractivity contribution in [2.24, 2.45) is 4.99 Å². The van der Waals surface area contributed by atoms with E-state index in [0.29, 0.717) is 10.9 Å². The molecular weight excluding hydrogens is 429 g/mol. The molecule has 0 saturated heterocycles. The molecule has 0 aliphatic rings. The van der Waals surface area contributed by atoms with Crippen LogP contribution in [0.25, 0.3) is 11.0 Å². The molecule has 0 bridgehead atoms. The van der Waals surface area contributed by atoms with Crippen molar-refractivity contribution < 1.29 is 52.6 Å². The van der Waals surface area contributed by atoms with Gasteiger partial charge in [0.05, 0.1) is 11.7 Å². The van der Waals surface area contributed by atoms with Crippen molar-refractivity contribution in [3.8, 4) is 5.75 Å². The van der Waals surface area contributed by atoms with E-state index in [1.165, 1.54) is 24.3 Å². The number of aliphatic imine (C=N–C) groups is 1. The minimum atomic E-state index is -1.37. The molecule has 0 aliphatic carbocycles. The van der Waals surface area contributed by atoms with Crippen molar-refractivity contribution >= 4 is 28.3 Å². The van der Waals surface area contributed by atoms with Gasteiger partial charge in [-0.3, -0.25) is 4.99 Å². The van der Waals surface area contributed by atoms with Crippen LogP contribution in [0.15, 0.2) is 56.7 Å². The Balaban J connectivity index is 0. The first kappa shape index (κ1) is 28.2. The van der Waals surface area contributed by atoms with Crippen molar-refractivity contribution in [1.29, 1.82) is 0 Å². The summed E-state index contributed by atoms with van der Waals surface area (Å²) in [5.74, 6) is -1.73. The molecule has 0 spiro atoms. The third-order valence-corrected chi connectivity index (χ3v) is 3.86. The van der Waals surface area contributed by atoms with Gasteiger partial charge in [-0.2, -0.15) is 0 Å². The summed E-state index contributed by atoms with van der Waals surface area (Å²) in [6.07, 6.45) is 0. The van der Waals surface area contributed by atoms with E-state index in [2.05, 4.69) is 4.99 Å². The quantitative estimate of drug-likeness (QED) is 0.372. The summed E-state index contributed by atoms with van der Waals surface area (Å²) in [6, 6.07) is 10.4. The Morgan fingerprint density at radius 2 is 1.69 bits per heavy atom. The zero-order valence-corrected chi connectivity index (χ0v) is 16.4. The molecule has 0 fully saturated rings. The van der Waals surface area contributed by atoms with Crippen LogP contribution >= 0.6 is 0 Å². The summed E-state index contributed by atoms with van der Waals surface area (Å²) in [5.41, 5.74) is 0.697. The number of hydrogen-bond acceptors (Lipinski definition) is 6. The Bertz CT molecular complexity index is 1090. The molecule has 3 rings (SSSR count). The fourth-order valence-corrected chi connectivity index (χ4v) is 2.69.